The molecule has 0 unspecified atom stereocenters. The van der Waals surface area contributed by atoms with Crippen LogP contribution in [-0.2, 0) is 16.6 Å². The van der Waals surface area contributed by atoms with Crippen molar-refractivity contribution in [1.29, 1.82) is 0 Å². The molecule has 1 aromatic rings. The number of unbranched alkanes of at least 4 members (excludes halogenated alkanes) is 1. The predicted molar refractivity (Wildman–Crippen MR) is 81.4 cm³/mol. The van der Waals surface area contributed by atoms with Crippen LogP contribution in [0.3, 0.4) is 0 Å². The van der Waals surface area contributed by atoms with Crippen molar-refractivity contribution < 1.29 is 8.42 Å². The molecule has 0 amide bonds. The smallest absolute Gasteiger partial charge is 0.240 e. The van der Waals surface area contributed by atoms with E-state index in [4.69, 9.17) is 11.6 Å². The minimum atomic E-state index is -3.43. The monoisotopic (exact) mass is 316 g/mol. The standard InChI is InChI=1S/C14H21ClN2O2S/c1-2-3-8-17-20(18,19)13-6-7-14(15)11(9-13)10-16-12-4-5-12/h6-7,9,12,16-17H,2-5,8,10H2,1H3. The summed E-state index contributed by atoms with van der Waals surface area (Å²) in [6, 6.07) is 5.43. The van der Waals surface area contributed by atoms with Crippen molar-refractivity contribution in [2.45, 2.75) is 50.1 Å². The number of halogens is 1. The first-order valence-corrected chi connectivity index (χ1v) is 8.90. The molecule has 0 radical (unpaired) electrons. The lowest BCUT2D eigenvalue weighted by Crippen LogP contribution is -2.25. The fourth-order valence-corrected chi connectivity index (χ4v) is 3.17. The number of nitrogens with one attached hydrogen (secondary N) is 2. The fourth-order valence-electron chi connectivity index (χ4n) is 1.86. The van der Waals surface area contributed by atoms with Gasteiger partial charge < -0.3 is 5.32 Å². The molecule has 4 nitrogen and oxygen atoms in total. The summed E-state index contributed by atoms with van der Waals surface area (Å²) in [5.74, 6) is 0. The van der Waals surface area contributed by atoms with E-state index >= 15 is 0 Å². The SMILES string of the molecule is CCCCNS(=O)(=O)c1ccc(Cl)c(CNC2CC2)c1. The number of benzene rings is 1. The highest BCUT2D eigenvalue weighted by atomic mass is 35.5. The van der Waals surface area contributed by atoms with Crippen molar-refractivity contribution in [3.63, 3.8) is 0 Å². The van der Waals surface area contributed by atoms with Crippen LogP contribution >= 0.6 is 11.6 Å². The summed E-state index contributed by atoms with van der Waals surface area (Å²) in [5.41, 5.74) is 0.830. The first kappa shape index (κ1) is 15.8. The van der Waals surface area contributed by atoms with Gasteiger partial charge in [0, 0.05) is 24.2 Å². The minimum Gasteiger partial charge on any atom is -0.310 e. The minimum absolute atomic E-state index is 0.283. The highest BCUT2D eigenvalue weighted by molar-refractivity contribution is 7.89. The Kier molecular flexibility index (Phi) is 5.43. The van der Waals surface area contributed by atoms with Crippen LogP contribution in [0.25, 0.3) is 0 Å². The van der Waals surface area contributed by atoms with E-state index in [1.807, 2.05) is 6.92 Å². The van der Waals surface area contributed by atoms with Crippen LogP contribution in [0, 0.1) is 0 Å². The molecule has 0 heterocycles. The lowest BCUT2D eigenvalue weighted by Gasteiger charge is -2.10. The molecular weight excluding hydrogens is 296 g/mol. The third-order valence-corrected chi connectivity index (χ3v) is 5.14. The van der Waals surface area contributed by atoms with Gasteiger partial charge in [-0.05, 0) is 43.0 Å². The van der Waals surface area contributed by atoms with E-state index in [9.17, 15) is 8.42 Å². The van der Waals surface area contributed by atoms with Crippen LogP contribution in [0.2, 0.25) is 5.02 Å². The Morgan fingerprint density at radius 2 is 2.10 bits per heavy atom. The molecular formula is C14H21ClN2O2S. The molecule has 112 valence electrons. The average Bonchev–Trinajstić information content (AvgIpc) is 3.22. The van der Waals surface area contributed by atoms with Crippen LogP contribution in [0.4, 0.5) is 0 Å². The summed E-state index contributed by atoms with van der Waals surface area (Å²) >= 11 is 6.12. The van der Waals surface area contributed by atoms with Crippen LogP contribution in [-0.4, -0.2) is 21.0 Å². The van der Waals surface area contributed by atoms with E-state index in [0.717, 1.165) is 18.4 Å². The zero-order valence-corrected chi connectivity index (χ0v) is 13.2. The van der Waals surface area contributed by atoms with Gasteiger partial charge in [0.1, 0.15) is 0 Å². The molecule has 0 saturated heterocycles. The van der Waals surface area contributed by atoms with Gasteiger partial charge in [0.25, 0.3) is 0 Å². The second kappa shape index (κ2) is 6.89. The summed E-state index contributed by atoms with van der Waals surface area (Å²) in [4.78, 5) is 0.283. The van der Waals surface area contributed by atoms with Gasteiger partial charge in [0.15, 0.2) is 0 Å². The lowest BCUT2D eigenvalue weighted by atomic mass is 10.2. The van der Waals surface area contributed by atoms with E-state index in [0.29, 0.717) is 24.2 Å². The maximum atomic E-state index is 12.1. The van der Waals surface area contributed by atoms with Gasteiger partial charge in [-0.2, -0.15) is 0 Å². The predicted octanol–water partition coefficient (Wildman–Crippen LogP) is 2.67. The molecule has 0 spiro atoms. The number of hydrogen-bond acceptors (Lipinski definition) is 3. The third kappa shape index (κ3) is 4.45. The number of rotatable bonds is 8. The molecule has 0 bridgehead atoms. The first-order valence-electron chi connectivity index (χ1n) is 7.04. The molecule has 1 aliphatic rings. The van der Waals surface area contributed by atoms with Gasteiger partial charge in [-0.1, -0.05) is 24.9 Å². The summed E-state index contributed by atoms with van der Waals surface area (Å²) in [7, 11) is -3.43. The Morgan fingerprint density at radius 3 is 2.75 bits per heavy atom. The van der Waals surface area contributed by atoms with Gasteiger partial charge in [-0.25, -0.2) is 13.1 Å². The number of sulfonamides is 1. The summed E-state index contributed by atoms with van der Waals surface area (Å²) in [5, 5.41) is 3.95. The van der Waals surface area contributed by atoms with Crippen LogP contribution < -0.4 is 10.0 Å². The quantitative estimate of drug-likeness (QED) is 0.725. The topological polar surface area (TPSA) is 58.2 Å². The second-order valence-electron chi connectivity index (χ2n) is 5.16. The molecule has 0 aromatic heterocycles. The maximum Gasteiger partial charge on any atom is 0.240 e. The molecule has 1 fully saturated rings. The van der Waals surface area contributed by atoms with Crippen molar-refractivity contribution in [2.24, 2.45) is 0 Å². The first-order chi connectivity index (χ1) is 9.53. The van der Waals surface area contributed by atoms with E-state index < -0.39 is 10.0 Å². The van der Waals surface area contributed by atoms with Crippen LogP contribution in [0.5, 0.6) is 0 Å². The molecule has 20 heavy (non-hydrogen) atoms. The summed E-state index contributed by atoms with van der Waals surface area (Å²) in [6.45, 7) is 3.11. The van der Waals surface area contributed by atoms with E-state index in [2.05, 4.69) is 10.0 Å². The fraction of sp³-hybridized carbons (Fsp3) is 0.571. The van der Waals surface area contributed by atoms with Gasteiger partial charge in [0.2, 0.25) is 10.0 Å². The molecule has 2 N–H and O–H groups in total. The normalized spacial score (nSPS) is 15.5. The molecule has 1 saturated carbocycles. The Hall–Kier alpha value is -0.620. The van der Waals surface area contributed by atoms with Crippen LogP contribution in [0.15, 0.2) is 23.1 Å². The Balaban J connectivity index is 2.08. The van der Waals surface area contributed by atoms with Gasteiger partial charge in [-0.15, -0.1) is 0 Å². The van der Waals surface area contributed by atoms with Gasteiger partial charge >= 0.3 is 0 Å². The summed E-state index contributed by atoms with van der Waals surface area (Å²) < 4.78 is 26.9. The molecule has 2 rings (SSSR count). The molecule has 0 atom stereocenters. The molecule has 1 aliphatic carbocycles. The number of hydrogen-bond donors (Lipinski definition) is 2. The molecule has 6 heteroatoms. The third-order valence-electron chi connectivity index (χ3n) is 3.31. The molecule has 0 aliphatic heterocycles. The van der Waals surface area contributed by atoms with E-state index in [-0.39, 0.29) is 4.90 Å². The average molecular weight is 317 g/mol. The molecule has 1 aromatic carbocycles. The van der Waals surface area contributed by atoms with Crippen LogP contribution in [0.1, 0.15) is 38.2 Å². The summed E-state index contributed by atoms with van der Waals surface area (Å²) in [6.07, 6.45) is 4.17. The highest BCUT2D eigenvalue weighted by Crippen LogP contribution is 2.23. The van der Waals surface area contributed by atoms with Gasteiger partial charge in [0.05, 0.1) is 4.90 Å². The van der Waals surface area contributed by atoms with Gasteiger partial charge in [-0.3, -0.25) is 0 Å². The zero-order chi connectivity index (χ0) is 14.6. The Labute approximate surface area is 126 Å². The zero-order valence-electron chi connectivity index (χ0n) is 11.7. The van der Waals surface area contributed by atoms with Crippen molar-refractivity contribution in [2.75, 3.05) is 6.54 Å². The van der Waals surface area contributed by atoms with E-state index in [1.54, 1.807) is 18.2 Å². The Bertz CT molecular complexity index is 556. The second-order valence-corrected chi connectivity index (χ2v) is 7.33. The highest BCUT2D eigenvalue weighted by Gasteiger charge is 2.21. The van der Waals surface area contributed by atoms with Crippen molar-refractivity contribution in [3.8, 4) is 0 Å². The van der Waals surface area contributed by atoms with Crippen molar-refractivity contribution in [3.05, 3.63) is 28.8 Å². The lowest BCUT2D eigenvalue weighted by molar-refractivity contribution is 0.578. The largest absolute Gasteiger partial charge is 0.310 e. The van der Waals surface area contributed by atoms with E-state index in [1.165, 1.54) is 12.8 Å². The Morgan fingerprint density at radius 1 is 1.35 bits per heavy atom. The maximum absolute atomic E-state index is 12.1. The van der Waals surface area contributed by atoms with Crippen molar-refractivity contribution >= 4 is 21.6 Å². The van der Waals surface area contributed by atoms with Crippen molar-refractivity contribution in [1.82, 2.24) is 10.0 Å².